The molecule has 0 radical (unpaired) electrons. The van der Waals surface area contributed by atoms with Crippen LogP contribution in [0.1, 0.15) is 32.9 Å². The van der Waals surface area contributed by atoms with E-state index in [9.17, 15) is 18.8 Å². The zero-order valence-electron chi connectivity index (χ0n) is 15.7. The Morgan fingerprint density at radius 2 is 1.86 bits per heavy atom. The van der Waals surface area contributed by atoms with Crippen molar-refractivity contribution in [2.75, 3.05) is 6.61 Å². The van der Waals surface area contributed by atoms with Gasteiger partial charge in [0.15, 0.2) is 6.61 Å². The lowest BCUT2D eigenvalue weighted by Crippen LogP contribution is -2.24. The number of carboxylic acids is 1. The largest absolute Gasteiger partial charge is 0.479 e. The average Bonchev–Trinajstić information content (AvgIpc) is 3.00. The summed E-state index contributed by atoms with van der Waals surface area (Å²) in [5, 5.41) is 8.93. The van der Waals surface area contributed by atoms with E-state index in [1.54, 1.807) is 36.6 Å². The van der Waals surface area contributed by atoms with Crippen LogP contribution in [0.3, 0.4) is 0 Å². The number of nitrogens with two attached hydrogens (primary N) is 1. The molecule has 0 aliphatic rings. The first-order valence-electron chi connectivity index (χ1n) is 8.63. The second-order valence-corrected chi connectivity index (χ2v) is 6.53. The summed E-state index contributed by atoms with van der Waals surface area (Å²) in [6.07, 6.45) is 1.99. The first kappa shape index (κ1) is 20.0. The summed E-state index contributed by atoms with van der Waals surface area (Å²) in [7, 11) is 0. The quantitative estimate of drug-likeness (QED) is 0.461. The van der Waals surface area contributed by atoms with Gasteiger partial charge in [0.05, 0.1) is 11.3 Å². The molecule has 2 heterocycles. The fourth-order valence-electron chi connectivity index (χ4n) is 3.15. The predicted molar refractivity (Wildman–Crippen MR) is 101 cm³/mol. The van der Waals surface area contributed by atoms with Gasteiger partial charge in [-0.3, -0.25) is 9.59 Å². The number of hydrogen-bond acceptors (Lipinski definition) is 5. The summed E-state index contributed by atoms with van der Waals surface area (Å²) in [6, 6.07) is 5.92. The molecule has 3 aromatic rings. The number of hydrogen-bond donors (Lipinski definition) is 2. The van der Waals surface area contributed by atoms with Crippen LogP contribution in [0.4, 0.5) is 4.39 Å². The van der Waals surface area contributed by atoms with Crippen molar-refractivity contribution in [3.63, 3.8) is 0 Å². The number of aryl methyl sites for hydroxylation is 2. The Labute approximate surface area is 164 Å². The molecular weight excluding hydrogens is 381 g/mol. The van der Waals surface area contributed by atoms with Crippen molar-refractivity contribution in [2.24, 2.45) is 5.73 Å². The number of primary amides is 1. The highest BCUT2D eigenvalue weighted by Crippen LogP contribution is 2.30. The van der Waals surface area contributed by atoms with Crippen molar-refractivity contribution in [1.82, 2.24) is 9.38 Å². The highest BCUT2D eigenvalue weighted by atomic mass is 19.1. The zero-order valence-corrected chi connectivity index (χ0v) is 15.7. The Hall–Kier alpha value is -3.75. The third-order valence-corrected chi connectivity index (χ3v) is 4.44. The van der Waals surface area contributed by atoms with Gasteiger partial charge in [-0.1, -0.05) is 12.1 Å². The molecule has 3 N–H and O–H groups in total. The number of rotatable bonds is 7. The van der Waals surface area contributed by atoms with Crippen LogP contribution >= 0.6 is 0 Å². The van der Waals surface area contributed by atoms with Crippen LogP contribution in [0.15, 0.2) is 30.5 Å². The van der Waals surface area contributed by atoms with E-state index in [4.69, 9.17) is 15.6 Å². The van der Waals surface area contributed by atoms with Gasteiger partial charge in [-0.15, -0.1) is 0 Å². The van der Waals surface area contributed by atoms with Gasteiger partial charge >= 0.3 is 5.97 Å². The topological polar surface area (TPSA) is 124 Å². The molecular formula is C20H18FN3O5. The smallest absolute Gasteiger partial charge is 0.341 e. The van der Waals surface area contributed by atoms with Crippen LogP contribution in [0, 0.1) is 19.7 Å². The van der Waals surface area contributed by atoms with E-state index in [2.05, 4.69) is 4.98 Å². The lowest BCUT2D eigenvalue weighted by atomic mass is 10.1. The number of nitrogens with zero attached hydrogens (tertiary/aromatic N) is 2. The fourth-order valence-corrected chi connectivity index (χ4v) is 3.15. The summed E-state index contributed by atoms with van der Waals surface area (Å²) in [4.78, 5) is 39.2. The molecule has 0 unspecified atom stereocenters. The number of Topliss-reactive ketones (excluding diaryl/α,β-unsaturated/α-hetero) is 1. The van der Waals surface area contributed by atoms with Gasteiger partial charge in [-0.25, -0.2) is 14.2 Å². The summed E-state index contributed by atoms with van der Waals surface area (Å²) < 4.78 is 20.1. The van der Waals surface area contributed by atoms with Crippen molar-refractivity contribution < 1.29 is 28.6 Å². The Kier molecular flexibility index (Phi) is 5.31. The van der Waals surface area contributed by atoms with Gasteiger partial charge in [0.2, 0.25) is 5.88 Å². The molecule has 0 saturated heterocycles. The predicted octanol–water partition coefficient (Wildman–Crippen LogP) is 1.81. The number of aliphatic carboxylic acids is 1. The van der Waals surface area contributed by atoms with Crippen LogP contribution in [0.2, 0.25) is 0 Å². The first-order chi connectivity index (χ1) is 13.7. The molecule has 0 saturated carbocycles. The molecule has 150 valence electrons. The van der Waals surface area contributed by atoms with Crippen molar-refractivity contribution in [3.05, 3.63) is 64.4 Å². The SMILES string of the molecule is Cc1cn2c(Cc3ccc(F)cc3)c(C)nc(OCC(=O)O)c2c1C(=O)C(N)=O. The molecule has 29 heavy (non-hydrogen) atoms. The van der Waals surface area contributed by atoms with E-state index in [-0.39, 0.29) is 22.8 Å². The molecule has 0 bridgehead atoms. The molecule has 0 aliphatic heterocycles. The molecule has 2 aromatic heterocycles. The van der Waals surface area contributed by atoms with Crippen molar-refractivity contribution >= 4 is 23.2 Å². The molecule has 0 spiro atoms. The monoisotopic (exact) mass is 399 g/mol. The third-order valence-electron chi connectivity index (χ3n) is 4.44. The van der Waals surface area contributed by atoms with E-state index in [1.807, 2.05) is 0 Å². The molecule has 3 rings (SSSR count). The van der Waals surface area contributed by atoms with Crippen molar-refractivity contribution in [3.8, 4) is 5.88 Å². The zero-order chi connectivity index (χ0) is 21.3. The Morgan fingerprint density at radius 1 is 1.21 bits per heavy atom. The lowest BCUT2D eigenvalue weighted by Gasteiger charge is -2.14. The number of aromatic nitrogens is 2. The second-order valence-electron chi connectivity index (χ2n) is 6.53. The van der Waals surface area contributed by atoms with E-state index in [0.29, 0.717) is 23.4 Å². The van der Waals surface area contributed by atoms with Gasteiger partial charge in [-0.05, 0) is 37.1 Å². The van der Waals surface area contributed by atoms with Gasteiger partial charge in [0, 0.05) is 18.3 Å². The third kappa shape index (κ3) is 3.93. The molecule has 9 heteroatoms. The minimum absolute atomic E-state index is 0.00532. The highest BCUT2D eigenvalue weighted by Gasteiger charge is 2.26. The molecule has 1 aromatic carbocycles. The van der Waals surface area contributed by atoms with E-state index < -0.39 is 24.3 Å². The number of benzene rings is 1. The number of amides is 1. The Morgan fingerprint density at radius 3 is 2.45 bits per heavy atom. The first-order valence-corrected chi connectivity index (χ1v) is 8.63. The number of carboxylic acid groups (broad SMARTS) is 1. The maximum Gasteiger partial charge on any atom is 0.341 e. The summed E-state index contributed by atoms with van der Waals surface area (Å²) in [5.74, 6) is -3.75. The minimum atomic E-state index is -1.22. The van der Waals surface area contributed by atoms with E-state index in [1.165, 1.54) is 12.1 Å². The molecule has 8 nitrogen and oxygen atoms in total. The average molecular weight is 399 g/mol. The summed E-state index contributed by atoms with van der Waals surface area (Å²) >= 11 is 0. The molecule has 0 aliphatic carbocycles. The number of ether oxygens (including phenoxy) is 1. The molecule has 1 amide bonds. The molecule has 0 fully saturated rings. The minimum Gasteiger partial charge on any atom is -0.479 e. The van der Waals surface area contributed by atoms with Gasteiger partial charge in [0.1, 0.15) is 11.3 Å². The van der Waals surface area contributed by atoms with Crippen molar-refractivity contribution in [2.45, 2.75) is 20.3 Å². The summed E-state index contributed by atoms with van der Waals surface area (Å²) in [5.41, 5.74) is 7.79. The van der Waals surface area contributed by atoms with Crippen molar-refractivity contribution in [1.29, 1.82) is 0 Å². The normalized spacial score (nSPS) is 10.9. The van der Waals surface area contributed by atoms with Gasteiger partial charge in [0.25, 0.3) is 11.7 Å². The van der Waals surface area contributed by atoms with Gasteiger partial charge in [-0.2, -0.15) is 0 Å². The van der Waals surface area contributed by atoms with Crippen LogP contribution in [-0.4, -0.2) is 38.8 Å². The van der Waals surface area contributed by atoms with Gasteiger partial charge < -0.3 is 20.0 Å². The fraction of sp³-hybridized carbons (Fsp3) is 0.200. The maximum atomic E-state index is 13.2. The maximum absolute atomic E-state index is 13.2. The highest BCUT2D eigenvalue weighted by molar-refractivity contribution is 6.44. The second kappa shape index (κ2) is 7.70. The number of halogens is 1. The molecule has 0 atom stereocenters. The van der Waals surface area contributed by atoms with E-state index in [0.717, 1.165) is 5.56 Å². The number of fused-ring (bicyclic) bond motifs is 1. The standard InChI is InChI=1S/C20H18FN3O5/c1-10-8-24-14(7-12-3-5-13(21)6-4-12)11(2)23-20(29-9-15(25)26)17(24)16(10)18(27)19(22)28/h3-6,8H,7,9H2,1-2H3,(H2,22,28)(H,25,26). The number of ketones is 1. The van der Waals surface area contributed by atoms with Crippen LogP contribution < -0.4 is 10.5 Å². The number of carbonyl (C=O) groups excluding carboxylic acids is 2. The summed E-state index contributed by atoms with van der Waals surface area (Å²) in [6.45, 7) is 2.66. The van der Waals surface area contributed by atoms with Crippen LogP contribution in [0.25, 0.3) is 5.52 Å². The van der Waals surface area contributed by atoms with E-state index >= 15 is 0 Å². The lowest BCUT2D eigenvalue weighted by molar-refractivity contribution is -0.139. The Balaban J connectivity index is 2.24. The number of carbonyl (C=O) groups is 3. The van der Waals surface area contributed by atoms with Crippen LogP contribution in [0.5, 0.6) is 5.88 Å². The van der Waals surface area contributed by atoms with Crippen LogP contribution in [-0.2, 0) is 16.0 Å². The Bertz CT molecular complexity index is 1140.